The first kappa shape index (κ1) is 48.9. The summed E-state index contributed by atoms with van der Waals surface area (Å²) in [5.41, 5.74) is 20.0. The molecule has 0 bridgehead atoms. The van der Waals surface area contributed by atoms with E-state index in [1.807, 2.05) is 12.1 Å². The van der Waals surface area contributed by atoms with Crippen molar-refractivity contribution in [2.75, 3.05) is 0 Å². The first-order chi connectivity index (χ1) is 35.1. The number of fused-ring (bicyclic) bond motifs is 13. The van der Waals surface area contributed by atoms with Crippen molar-refractivity contribution in [2.45, 2.75) is 110 Å². The fraction of sp³-hybridized carbons (Fsp3) is 0.265. The Morgan fingerprint density at radius 2 is 1.12 bits per heavy atom. The van der Waals surface area contributed by atoms with Crippen LogP contribution in [0.4, 0.5) is 0 Å². The van der Waals surface area contributed by atoms with Crippen LogP contribution in [0.3, 0.4) is 0 Å². The Kier molecular flexibility index (Phi) is 10.8. The predicted molar refractivity (Wildman–Crippen MR) is 302 cm³/mol. The number of ether oxygens (including phenoxy) is 1. The summed E-state index contributed by atoms with van der Waals surface area (Å²) in [7, 11) is 2.11. The molecule has 2 aliphatic rings. The van der Waals surface area contributed by atoms with E-state index in [2.05, 4.69) is 260 Å². The average Bonchev–Trinajstić information content (AvgIpc) is 4.32. The number of hydrogen-bond donors (Lipinski definition) is 0. The average molecular weight is 1160 g/mol. The van der Waals surface area contributed by atoms with Gasteiger partial charge in [-0.25, -0.2) is 4.98 Å². The van der Waals surface area contributed by atoms with Gasteiger partial charge in [0.1, 0.15) is 0 Å². The summed E-state index contributed by atoms with van der Waals surface area (Å²) >= 11 is 0. The van der Waals surface area contributed by atoms with Crippen LogP contribution in [0.15, 0.2) is 146 Å². The smallest absolute Gasteiger partial charge is 0.242 e. The second-order valence-corrected chi connectivity index (χ2v) is 25.0. The molecule has 8 aromatic carbocycles. The molecule has 1 spiro atoms. The zero-order chi connectivity index (χ0) is 51.6. The second-order valence-electron chi connectivity index (χ2n) is 25.0. The summed E-state index contributed by atoms with van der Waals surface area (Å²) < 4.78 is 15.9. The monoisotopic (exact) mass is 1160 g/mol. The predicted octanol–water partition coefficient (Wildman–Crippen LogP) is 15.9. The molecule has 13 rings (SSSR count). The SMILES string of the molecule is C[n+]1[c-]n2c3c(cccc31)C1(c3ccc(Oc4[c-]c5c(cc4)c4ccccc4n5-c4nc5ccccc5n4-c4ccccc4)[c-]c3-2)c2c(cc(C(C)(C)C)cc2C(C)(C)C)-c2cc(C(C)(C)C)cc(C(C)(C)C)c21.[Pt]. The van der Waals surface area contributed by atoms with Gasteiger partial charge in [0.2, 0.25) is 12.3 Å². The molecule has 0 atom stereocenters. The van der Waals surface area contributed by atoms with Gasteiger partial charge in [-0.15, -0.1) is 35.2 Å². The van der Waals surface area contributed by atoms with E-state index < -0.39 is 5.41 Å². The summed E-state index contributed by atoms with van der Waals surface area (Å²) in [5, 5.41) is 2.18. The molecule has 1 aliphatic heterocycles. The molecule has 7 heteroatoms. The zero-order valence-electron chi connectivity index (χ0n) is 45.3. The molecule has 378 valence electrons. The summed E-state index contributed by atoms with van der Waals surface area (Å²) in [5.74, 6) is 1.97. The van der Waals surface area contributed by atoms with Gasteiger partial charge >= 0.3 is 0 Å². The van der Waals surface area contributed by atoms with E-state index in [9.17, 15) is 0 Å². The van der Waals surface area contributed by atoms with Crippen LogP contribution in [0.1, 0.15) is 128 Å². The molecule has 11 aromatic rings. The maximum Gasteiger partial charge on any atom is 0.242 e. The van der Waals surface area contributed by atoms with Crippen molar-refractivity contribution in [3.8, 4) is 39.9 Å². The van der Waals surface area contributed by atoms with Gasteiger partial charge in [-0.3, -0.25) is 4.57 Å². The minimum atomic E-state index is -0.710. The molecule has 0 saturated heterocycles. The van der Waals surface area contributed by atoms with E-state index in [-0.39, 0.29) is 42.7 Å². The molecule has 0 fully saturated rings. The van der Waals surface area contributed by atoms with Crippen LogP contribution < -0.4 is 9.30 Å². The summed E-state index contributed by atoms with van der Waals surface area (Å²) in [4.78, 5) is 5.33. The van der Waals surface area contributed by atoms with E-state index in [1.165, 1.54) is 55.6 Å². The Hall–Kier alpha value is -7.01. The molecule has 0 radical (unpaired) electrons. The molecule has 6 nitrogen and oxygen atoms in total. The van der Waals surface area contributed by atoms with Crippen LogP contribution >= 0.6 is 0 Å². The van der Waals surface area contributed by atoms with Crippen molar-refractivity contribution in [1.82, 2.24) is 18.7 Å². The second kappa shape index (κ2) is 16.5. The van der Waals surface area contributed by atoms with Crippen molar-refractivity contribution >= 4 is 43.9 Å². The molecular formula is C68H63N5OPt-2. The van der Waals surface area contributed by atoms with Crippen molar-refractivity contribution in [3.63, 3.8) is 0 Å². The van der Waals surface area contributed by atoms with Crippen molar-refractivity contribution in [3.05, 3.63) is 209 Å². The molecular weight excluding hydrogens is 1100 g/mol. The van der Waals surface area contributed by atoms with E-state index in [0.717, 1.165) is 61.2 Å². The normalized spacial score (nSPS) is 13.9. The number of imidazole rings is 2. The van der Waals surface area contributed by atoms with E-state index in [0.29, 0.717) is 11.5 Å². The van der Waals surface area contributed by atoms with Crippen molar-refractivity contribution < 1.29 is 30.4 Å². The molecule has 3 aromatic heterocycles. The van der Waals surface area contributed by atoms with Crippen molar-refractivity contribution in [2.24, 2.45) is 7.05 Å². The fourth-order valence-electron chi connectivity index (χ4n) is 12.4. The Bertz CT molecular complexity index is 4080. The van der Waals surface area contributed by atoms with Crippen LogP contribution in [-0.2, 0) is 55.2 Å². The number of aromatic nitrogens is 5. The summed E-state index contributed by atoms with van der Waals surface area (Å²) in [6, 6.07) is 60.8. The largest absolute Gasteiger partial charge is 0.510 e. The first-order valence-corrected chi connectivity index (χ1v) is 26.2. The van der Waals surface area contributed by atoms with Gasteiger partial charge in [-0.1, -0.05) is 185 Å². The molecule has 0 amide bonds. The number of rotatable bonds is 4. The Morgan fingerprint density at radius 1 is 0.533 bits per heavy atom. The number of nitrogens with zero attached hydrogens (tertiary/aromatic N) is 5. The molecule has 0 saturated carbocycles. The Labute approximate surface area is 455 Å². The van der Waals surface area contributed by atoms with Gasteiger partial charge in [-0.2, -0.15) is 12.1 Å². The number of aryl methyl sites for hydroxylation is 1. The summed E-state index contributed by atoms with van der Waals surface area (Å²) in [6.07, 6.45) is 3.76. The zero-order valence-corrected chi connectivity index (χ0v) is 47.6. The first-order valence-electron chi connectivity index (χ1n) is 26.2. The minimum absolute atomic E-state index is 0. The molecule has 75 heavy (non-hydrogen) atoms. The van der Waals surface area contributed by atoms with Crippen LogP contribution in [0.25, 0.3) is 72.3 Å². The van der Waals surface area contributed by atoms with Gasteiger partial charge < -0.3 is 18.4 Å². The van der Waals surface area contributed by atoms with Gasteiger partial charge in [0.25, 0.3) is 0 Å². The maximum atomic E-state index is 7.07. The third kappa shape index (κ3) is 7.15. The molecule has 0 unspecified atom stereocenters. The Morgan fingerprint density at radius 3 is 1.76 bits per heavy atom. The number of benzene rings is 8. The minimum Gasteiger partial charge on any atom is -0.510 e. The molecule has 4 heterocycles. The van der Waals surface area contributed by atoms with E-state index >= 15 is 0 Å². The summed E-state index contributed by atoms with van der Waals surface area (Å²) in [6.45, 7) is 28.5. The maximum absolute atomic E-state index is 7.07. The fourth-order valence-corrected chi connectivity index (χ4v) is 12.4. The number of hydrogen-bond acceptors (Lipinski definition) is 2. The quantitative estimate of drug-likeness (QED) is 0.130. The van der Waals surface area contributed by atoms with E-state index in [1.54, 1.807) is 0 Å². The third-order valence-electron chi connectivity index (χ3n) is 16.0. The van der Waals surface area contributed by atoms with Gasteiger partial charge in [0.15, 0.2) is 0 Å². The van der Waals surface area contributed by atoms with Gasteiger partial charge in [-0.05, 0) is 107 Å². The van der Waals surface area contributed by atoms with E-state index in [4.69, 9.17) is 9.72 Å². The molecule has 0 N–H and O–H groups in total. The topological polar surface area (TPSA) is 40.8 Å². The number of para-hydroxylation sites is 5. The van der Waals surface area contributed by atoms with Crippen molar-refractivity contribution in [1.29, 1.82) is 0 Å². The van der Waals surface area contributed by atoms with Crippen LogP contribution in [-0.4, -0.2) is 18.7 Å². The van der Waals surface area contributed by atoms with Crippen LogP contribution in [0.2, 0.25) is 0 Å². The van der Waals surface area contributed by atoms with Crippen LogP contribution in [0, 0.1) is 18.5 Å². The van der Waals surface area contributed by atoms with Gasteiger partial charge in [0, 0.05) is 49.2 Å². The molecule has 1 aliphatic carbocycles. The van der Waals surface area contributed by atoms with Crippen LogP contribution in [0.5, 0.6) is 11.5 Å². The Balaban J connectivity index is 0.00000569. The third-order valence-corrected chi connectivity index (χ3v) is 16.0. The van der Waals surface area contributed by atoms with Gasteiger partial charge in [0.05, 0.1) is 29.1 Å². The standard InChI is InChI=1S/C68H63N5O.Pt/c1-64(2,3)41-34-48-49-35-42(65(4,5)6)37-53(67(10,11)12)61(49)68(60(48)52(36-41)66(7,8)9)50-33-31-45(39-59(50)71-40-70(13)57-29-21-25-51(68)62(57)71)74-44-30-32-47-46-24-17-19-27-55(46)73(58(47)38-44)63-69-54-26-18-20-28-56(54)72(63)43-22-15-14-16-23-43;/h14-37H,1-13H3;/q-2;.